The van der Waals surface area contributed by atoms with Crippen LogP contribution in [-0.4, -0.2) is 72.3 Å². The van der Waals surface area contributed by atoms with Crippen molar-refractivity contribution < 1.29 is 29.0 Å². The van der Waals surface area contributed by atoms with Gasteiger partial charge in [-0.2, -0.15) is 0 Å². The highest BCUT2D eigenvalue weighted by Crippen LogP contribution is 2.09. The van der Waals surface area contributed by atoms with Gasteiger partial charge in [-0.25, -0.2) is 4.79 Å². The SMILES string of the molecule is COC(=O)C1CN(C(=O)CSCC(=O)O)CCO1. The average Bonchev–Trinajstić information content (AvgIpc) is 2.37. The molecule has 0 aromatic carbocycles. The Morgan fingerprint density at radius 2 is 2.17 bits per heavy atom. The normalized spacial score (nSPS) is 19.4. The van der Waals surface area contributed by atoms with E-state index in [2.05, 4.69) is 4.74 Å². The van der Waals surface area contributed by atoms with Gasteiger partial charge in [0.1, 0.15) is 0 Å². The highest BCUT2D eigenvalue weighted by Gasteiger charge is 2.29. The molecule has 1 fully saturated rings. The molecule has 7 nitrogen and oxygen atoms in total. The Balaban J connectivity index is 2.38. The molecule has 1 unspecified atom stereocenters. The van der Waals surface area contributed by atoms with Crippen molar-refractivity contribution in [1.29, 1.82) is 0 Å². The Labute approximate surface area is 108 Å². The summed E-state index contributed by atoms with van der Waals surface area (Å²) in [5.74, 6) is -1.69. The van der Waals surface area contributed by atoms with E-state index in [0.717, 1.165) is 11.8 Å². The number of hydrogen-bond donors (Lipinski definition) is 1. The van der Waals surface area contributed by atoms with Gasteiger partial charge in [0.2, 0.25) is 5.91 Å². The molecule has 1 heterocycles. The second-order valence-electron chi connectivity index (χ2n) is 3.61. The largest absolute Gasteiger partial charge is 0.481 e. The lowest BCUT2D eigenvalue weighted by Gasteiger charge is -2.31. The molecule has 18 heavy (non-hydrogen) atoms. The summed E-state index contributed by atoms with van der Waals surface area (Å²) in [5.41, 5.74) is 0. The topological polar surface area (TPSA) is 93.1 Å². The minimum atomic E-state index is -0.956. The molecule has 0 aromatic rings. The number of aliphatic carboxylic acids is 1. The quantitative estimate of drug-likeness (QED) is 0.658. The highest BCUT2D eigenvalue weighted by atomic mass is 32.2. The summed E-state index contributed by atoms with van der Waals surface area (Å²) >= 11 is 1.03. The van der Waals surface area contributed by atoms with E-state index in [4.69, 9.17) is 9.84 Å². The third kappa shape index (κ3) is 4.53. The second kappa shape index (κ2) is 7.22. The van der Waals surface area contributed by atoms with E-state index in [9.17, 15) is 14.4 Å². The molecule has 1 N–H and O–H groups in total. The number of amides is 1. The van der Waals surface area contributed by atoms with E-state index in [1.165, 1.54) is 12.0 Å². The third-order valence-electron chi connectivity index (χ3n) is 2.33. The van der Waals surface area contributed by atoms with Crippen molar-refractivity contribution in [2.24, 2.45) is 0 Å². The van der Waals surface area contributed by atoms with Crippen LogP contribution in [0.1, 0.15) is 0 Å². The number of carboxylic acid groups (broad SMARTS) is 1. The van der Waals surface area contributed by atoms with Crippen LogP contribution < -0.4 is 0 Å². The zero-order valence-electron chi connectivity index (χ0n) is 9.96. The van der Waals surface area contributed by atoms with Gasteiger partial charge in [0, 0.05) is 6.54 Å². The van der Waals surface area contributed by atoms with Crippen LogP contribution >= 0.6 is 11.8 Å². The first kappa shape index (κ1) is 14.8. The van der Waals surface area contributed by atoms with Crippen molar-refractivity contribution in [2.75, 3.05) is 38.3 Å². The molecular weight excluding hydrogens is 262 g/mol. The molecule has 1 atom stereocenters. The maximum Gasteiger partial charge on any atom is 0.336 e. The van der Waals surface area contributed by atoms with E-state index in [-0.39, 0.29) is 30.6 Å². The Bertz CT molecular complexity index is 334. The molecule has 0 aliphatic carbocycles. The van der Waals surface area contributed by atoms with Gasteiger partial charge in [-0.05, 0) is 0 Å². The lowest BCUT2D eigenvalue weighted by atomic mass is 10.2. The minimum Gasteiger partial charge on any atom is -0.481 e. The van der Waals surface area contributed by atoms with Gasteiger partial charge in [0.15, 0.2) is 6.10 Å². The molecule has 0 saturated carbocycles. The smallest absolute Gasteiger partial charge is 0.336 e. The van der Waals surface area contributed by atoms with Gasteiger partial charge < -0.3 is 19.5 Å². The van der Waals surface area contributed by atoms with Crippen LogP contribution in [0.4, 0.5) is 0 Å². The van der Waals surface area contributed by atoms with Gasteiger partial charge in [-0.15, -0.1) is 11.8 Å². The first-order valence-electron chi connectivity index (χ1n) is 5.31. The van der Waals surface area contributed by atoms with Crippen LogP contribution in [0.15, 0.2) is 0 Å². The number of nitrogens with zero attached hydrogens (tertiary/aromatic N) is 1. The molecule has 0 aromatic heterocycles. The summed E-state index contributed by atoms with van der Waals surface area (Å²) < 4.78 is 9.73. The molecule has 0 radical (unpaired) electrons. The molecule has 1 aliphatic rings. The monoisotopic (exact) mass is 277 g/mol. The Hall–Kier alpha value is -1.28. The standard InChI is InChI=1S/C10H15NO6S/c1-16-10(15)7-4-11(2-3-17-7)8(12)5-18-6-9(13)14/h7H,2-6H2,1H3,(H,13,14). The number of carboxylic acids is 1. The number of hydrogen-bond acceptors (Lipinski definition) is 6. The molecular formula is C10H15NO6S. The van der Waals surface area contributed by atoms with Gasteiger partial charge >= 0.3 is 11.9 Å². The van der Waals surface area contributed by atoms with E-state index in [0.29, 0.717) is 6.54 Å². The predicted molar refractivity (Wildman–Crippen MR) is 63.3 cm³/mol. The zero-order chi connectivity index (χ0) is 13.5. The van der Waals surface area contributed by atoms with E-state index in [1.807, 2.05) is 0 Å². The summed E-state index contributed by atoms with van der Waals surface area (Å²) in [6.07, 6.45) is -0.753. The number of esters is 1. The number of morpholine rings is 1. The van der Waals surface area contributed by atoms with Gasteiger partial charge in [-0.1, -0.05) is 0 Å². The molecule has 1 rings (SSSR count). The molecule has 1 amide bonds. The van der Waals surface area contributed by atoms with E-state index in [1.54, 1.807) is 0 Å². The number of carbonyl (C=O) groups excluding carboxylic acids is 2. The third-order valence-corrected chi connectivity index (χ3v) is 3.24. The predicted octanol–water partition coefficient (Wildman–Crippen LogP) is -0.795. The molecule has 1 aliphatic heterocycles. The highest BCUT2D eigenvalue weighted by molar-refractivity contribution is 8.00. The summed E-state index contributed by atoms with van der Waals surface area (Å²) in [5, 5.41) is 8.46. The van der Waals surface area contributed by atoms with Crippen LogP contribution in [0.3, 0.4) is 0 Å². The maximum atomic E-state index is 11.7. The average molecular weight is 277 g/mol. The molecule has 102 valence electrons. The summed E-state index contributed by atoms with van der Waals surface area (Å²) in [7, 11) is 1.26. The first-order valence-corrected chi connectivity index (χ1v) is 6.46. The van der Waals surface area contributed by atoms with Crippen LogP contribution in [0.25, 0.3) is 0 Å². The van der Waals surface area contributed by atoms with Crippen molar-refractivity contribution in [3.63, 3.8) is 0 Å². The number of rotatable bonds is 5. The molecule has 0 bridgehead atoms. The number of ether oxygens (including phenoxy) is 2. The van der Waals surface area contributed by atoms with Crippen LogP contribution in [0.2, 0.25) is 0 Å². The Morgan fingerprint density at radius 1 is 1.44 bits per heavy atom. The van der Waals surface area contributed by atoms with Gasteiger partial charge in [-0.3, -0.25) is 9.59 Å². The van der Waals surface area contributed by atoms with Crippen molar-refractivity contribution in [1.82, 2.24) is 4.90 Å². The molecule has 8 heteroatoms. The van der Waals surface area contributed by atoms with E-state index < -0.39 is 18.0 Å². The second-order valence-corrected chi connectivity index (χ2v) is 4.59. The summed E-state index contributed by atoms with van der Waals surface area (Å²) in [6, 6.07) is 0. The fourth-order valence-electron chi connectivity index (χ4n) is 1.47. The van der Waals surface area contributed by atoms with Crippen molar-refractivity contribution >= 4 is 29.6 Å². The lowest BCUT2D eigenvalue weighted by molar-refractivity contribution is -0.162. The molecule has 0 spiro atoms. The Kier molecular flexibility index (Phi) is 5.93. The zero-order valence-corrected chi connectivity index (χ0v) is 10.8. The van der Waals surface area contributed by atoms with E-state index >= 15 is 0 Å². The minimum absolute atomic E-state index is 0.0835. The van der Waals surface area contributed by atoms with Crippen molar-refractivity contribution in [3.05, 3.63) is 0 Å². The summed E-state index contributed by atoms with van der Waals surface area (Å²) in [6.45, 7) is 0.828. The number of thioether (sulfide) groups is 1. The fraction of sp³-hybridized carbons (Fsp3) is 0.700. The first-order chi connectivity index (χ1) is 8.54. The number of methoxy groups -OCH3 is 1. The Morgan fingerprint density at radius 3 is 2.78 bits per heavy atom. The van der Waals surface area contributed by atoms with Crippen molar-refractivity contribution in [3.8, 4) is 0 Å². The van der Waals surface area contributed by atoms with Crippen LogP contribution in [-0.2, 0) is 23.9 Å². The van der Waals surface area contributed by atoms with Gasteiger partial charge in [0.05, 0.1) is 31.8 Å². The lowest BCUT2D eigenvalue weighted by Crippen LogP contribution is -2.49. The fourth-order valence-corrected chi connectivity index (χ4v) is 2.10. The van der Waals surface area contributed by atoms with Crippen LogP contribution in [0.5, 0.6) is 0 Å². The maximum absolute atomic E-state index is 11.7. The number of carbonyl (C=O) groups is 3. The summed E-state index contributed by atoms with van der Waals surface area (Å²) in [4.78, 5) is 34.8. The van der Waals surface area contributed by atoms with Gasteiger partial charge in [0.25, 0.3) is 0 Å². The molecule has 1 saturated heterocycles. The van der Waals surface area contributed by atoms with Crippen molar-refractivity contribution in [2.45, 2.75) is 6.10 Å². The van der Waals surface area contributed by atoms with Crippen LogP contribution in [0, 0.1) is 0 Å².